The molecule has 1 fully saturated rings. The molecule has 0 spiro atoms. The van der Waals surface area contributed by atoms with E-state index in [-0.39, 0.29) is 106 Å². The van der Waals surface area contributed by atoms with Crippen molar-refractivity contribution in [2.75, 3.05) is 98.4 Å². The van der Waals surface area contributed by atoms with Crippen LogP contribution in [0.3, 0.4) is 0 Å². The summed E-state index contributed by atoms with van der Waals surface area (Å²) in [4.78, 5) is 67.5. The number of aromatic nitrogens is 5. The first-order valence-electron chi connectivity index (χ1n) is 20.7. The third-order valence-corrected chi connectivity index (χ3v) is 10.7. The molecule has 1 saturated heterocycles. The molecule has 0 radical (unpaired) electrons. The number of carbonyl (C=O) groups excluding carboxylic acids is 4. The smallest absolute Gasteiger partial charge is 0.295 e. The molecule has 21 nitrogen and oxygen atoms in total. The summed E-state index contributed by atoms with van der Waals surface area (Å²) in [7, 11) is -2.96. The van der Waals surface area contributed by atoms with Gasteiger partial charge in [0.2, 0.25) is 11.7 Å². The molecule has 65 heavy (non-hydrogen) atoms. The van der Waals surface area contributed by atoms with E-state index in [1.165, 1.54) is 40.3 Å². The van der Waals surface area contributed by atoms with Crippen LogP contribution in [0.1, 0.15) is 52.2 Å². The minimum atomic E-state index is -4.36. The number of Topliss-reactive ketones (excluding diaryl/α,β-unsaturated/α-hetero) is 1. The number of pyridine rings is 1. The zero-order valence-corrected chi connectivity index (χ0v) is 36.7. The molecule has 4 heterocycles. The molecule has 5 rings (SSSR count). The fourth-order valence-electron chi connectivity index (χ4n) is 6.77. The van der Waals surface area contributed by atoms with E-state index in [0.29, 0.717) is 44.8 Å². The third kappa shape index (κ3) is 14.5. The minimum Gasteiger partial charge on any atom is -0.494 e. The lowest BCUT2D eigenvalue weighted by atomic mass is 9.93. The predicted octanol–water partition coefficient (Wildman–Crippen LogP) is 1.86. The maximum absolute atomic E-state index is 13.7. The molecule has 4 aromatic rings. The monoisotopic (exact) mass is 917 g/mol. The van der Waals surface area contributed by atoms with E-state index in [1.54, 1.807) is 0 Å². The summed E-state index contributed by atoms with van der Waals surface area (Å²) < 4.78 is 60.2. The fourth-order valence-corrected chi connectivity index (χ4v) is 7.22. The highest BCUT2D eigenvalue weighted by atomic mass is 32.2. The van der Waals surface area contributed by atoms with Crippen molar-refractivity contribution in [2.45, 2.75) is 25.7 Å². The molecular formula is C43H51N9O12S. The Morgan fingerprint density at radius 2 is 1.65 bits per heavy atom. The predicted molar refractivity (Wildman–Crippen MR) is 233 cm³/mol. The highest BCUT2D eigenvalue weighted by Gasteiger charge is 2.31. The first kappa shape index (κ1) is 49.5. The van der Waals surface area contributed by atoms with Crippen molar-refractivity contribution < 1.29 is 55.8 Å². The van der Waals surface area contributed by atoms with E-state index in [2.05, 4.69) is 37.4 Å². The number of piperidine rings is 1. The maximum Gasteiger partial charge on any atom is 0.295 e. The summed E-state index contributed by atoms with van der Waals surface area (Å²) in [5, 5.41) is 17.1. The van der Waals surface area contributed by atoms with Gasteiger partial charge in [0, 0.05) is 38.9 Å². The number of methoxy groups -OCH3 is 1. The third-order valence-electron chi connectivity index (χ3n) is 10.0. The average Bonchev–Trinajstić information content (AvgIpc) is 3.99. The Bertz CT molecular complexity index is 2480. The lowest BCUT2D eigenvalue weighted by Gasteiger charge is -2.28. The number of ketones is 1. The van der Waals surface area contributed by atoms with Crippen molar-refractivity contribution in [3.8, 4) is 30.0 Å². The molecule has 346 valence electrons. The second-order valence-corrected chi connectivity index (χ2v) is 15.9. The van der Waals surface area contributed by atoms with Crippen LogP contribution in [0, 0.1) is 23.7 Å². The number of H-pyrrole nitrogens is 1. The van der Waals surface area contributed by atoms with Crippen LogP contribution >= 0.6 is 0 Å². The number of aromatic amines is 1. The number of benzene rings is 1. The number of hydrogen-bond acceptors (Lipinski definition) is 15. The van der Waals surface area contributed by atoms with Gasteiger partial charge in [0.1, 0.15) is 18.7 Å². The summed E-state index contributed by atoms with van der Waals surface area (Å²) in [6, 6.07) is 11.6. The van der Waals surface area contributed by atoms with Crippen molar-refractivity contribution >= 4 is 50.1 Å². The summed E-state index contributed by atoms with van der Waals surface area (Å²) >= 11 is 0. The number of terminal acetylenes is 1. The van der Waals surface area contributed by atoms with Crippen molar-refractivity contribution in [1.29, 1.82) is 5.26 Å². The average molecular weight is 918 g/mol. The van der Waals surface area contributed by atoms with Crippen LogP contribution in [0.2, 0.25) is 0 Å². The van der Waals surface area contributed by atoms with Crippen molar-refractivity contribution in [1.82, 2.24) is 39.8 Å². The molecule has 3 amide bonds. The minimum absolute atomic E-state index is 0.0467. The topological polar surface area (TPSA) is 270 Å². The standard InChI is InChI=1S/C43H51N9O12S/c1-3-18-61-20-22-63-24-25-64-23-21-62-19-12-36(53)50(17-26-65(57,58)59)14-7-13-45-42(55)40-48-30-52(49-40)41-38-37(35(60-2)29-47-41)34(28-46-38)39(54)43(56)51-15-10-32(11-16-51)33(27-44)31-8-5-4-6-9-31/h1,4-6,8-9,28-30,46H,7,10-26H2,2H3,(H,45,55)(H,57,58,59). The highest BCUT2D eigenvalue weighted by Crippen LogP contribution is 2.32. The number of likely N-dealkylation sites (tertiary alicyclic amines) is 1. The molecule has 3 N–H and O–H groups in total. The lowest BCUT2D eigenvalue weighted by Crippen LogP contribution is -2.40. The fraction of sp³-hybridized carbons (Fsp3) is 0.442. The molecule has 3 aromatic heterocycles. The van der Waals surface area contributed by atoms with Crippen molar-refractivity contribution in [2.24, 2.45) is 0 Å². The van der Waals surface area contributed by atoms with Gasteiger partial charge in [-0.25, -0.2) is 9.97 Å². The number of fused-ring (bicyclic) bond motifs is 1. The first-order chi connectivity index (χ1) is 31.4. The Hall–Kier alpha value is -6.53. The van der Waals surface area contributed by atoms with Gasteiger partial charge in [-0.3, -0.25) is 23.7 Å². The van der Waals surface area contributed by atoms with Gasteiger partial charge in [0.15, 0.2) is 5.82 Å². The molecule has 1 aliphatic rings. The molecular weight excluding hydrogens is 867 g/mol. The lowest BCUT2D eigenvalue weighted by molar-refractivity contribution is -0.132. The Balaban J connectivity index is 1.12. The Labute approximate surface area is 375 Å². The molecule has 22 heteroatoms. The van der Waals surface area contributed by atoms with Gasteiger partial charge in [-0.05, 0) is 30.4 Å². The second-order valence-electron chi connectivity index (χ2n) is 14.3. The highest BCUT2D eigenvalue weighted by molar-refractivity contribution is 7.85. The van der Waals surface area contributed by atoms with Crippen molar-refractivity contribution in [3.05, 3.63) is 71.6 Å². The summed E-state index contributed by atoms with van der Waals surface area (Å²) in [5.41, 5.74) is 2.63. The van der Waals surface area contributed by atoms with Crippen LogP contribution in [0.5, 0.6) is 5.75 Å². The van der Waals surface area contributed by atoms with Crippen LogP contribution in [0.4, 0.5) is 0 Å². The van der Waals surface area contributed by atoms with E-state index in [9.17, 15) is 37.4 Å². The molecule has 0 atom stereocenters. The number of hydrogen-bond donors (Lipinski definition) is 3. The number of nitriles is 1. The van der Waals surface area contributed by atoms with Crippen LogP contribution in [0.15, 0.2) is 54.6 Å². The molecule has 1 aromatic carbocycles. The summed E-state index contributed by atoms with van der Waals surface area (Å²) in [6.07, 6.45) is 10.1. The van der Waals surface area contributed by atoms with Crippen LogP contribution in [0.25, 0.3) is 22.3 Å². The van der Waals surface area contributed by atoms with E-state index >= 15 is 0 Å². The normalized spacial score (nSPS) is 12.7. The van der Waals surface area contributed by atoms with Gasteiger partial charge < -0.3 is 43.8 Å². The van der Waals surface area contributed by atoms with Crippen LogP contribution in [-0.4, -0.2) is 169 Å². The molecule has 0 bridgehead atoms. The number of rotatable bonds is 26. The van der Waals surface area contributed by atoms with E-state index in [1.807, 2.05) is 30.3 Å². The molecule has 0 unspecified atom stereocenters. The first-order valence-corrected chi connectivity index (χ1v) is 22.3. The molecule has 1 aliphatic heterocycles. The Morgan fingerprint density at radius 1 is 0.969 bits per heavy atom. The van der Waals surface area contributed by atoms with Gasteiger partial charge in [-0.1, -0.05) is 36.3 Å². The number of allylic oxidation sites excluding steroid dienone is 1. The summed E-state index contributed by atoms with van der Waals surface area (Å²) in [6.45, 7) is 2.58. The number of carbonyl (C=O) groups is 4. The number of amides is 3. The van der Waals surface area contributed by atoms with Gasteiger partial charge in [-0.2, -0.15) is 18.4 Å². The largest absolute Gasteiger partial charge is 0.494 e. The number of nitrogens with one attached hydrogen (secondary N) is 2. The summed E-state index contributed by atoms with van der Waals surface area (Å²) in [5.74, 6) is -0.711. The quantitative estimate of drug-likeness (QED) is 0.0203. The number of nitrogens with zero attached hydrogens (tertiary/aromatic N) is 7. The molecule has 0 saturated carbocycles. The van der Waals surface area contributed by atoms with E-state index in [0.717, 1.165) is 11.1 Å². The van der Waals surface area contributed by atoms with Gasteiger partial charge >= 0.3 is 0 Å². The van der Waals surface area contributed by atoms with Gasteiger partial charge in [-0.15, -0.1) is 11.5 Å². The maximum atomic E-state index is 13.7. The Morgan fingerprint density at radius 3 is 2.29 bits per heavy atom. The van der Waals surface area contributed by atoms with E-state index in [4.69, 9.17) is 30.1 Å². The number of ether oxygens (including phenoxy) is 5. The van der Waals surface area contributed by atoms with Gasteiger partial charge in [0.05, 0.1) is 99.8 Å². The van der Waals surface area contributed by atoms with Crippen LogP contribution < -0.4 is 10.1 Å². The van der Waals surface area contributed by atoms with E-state index < -0.39 is 39.4 Å². The second kappa shape index (κ2) is 25.1. The Kier molecular flexibility index (Phi) is 19.1. The zero-order chi connectivity index (χ0) is 46.6. The zero-order valence-electron chi connectivity index (χ0n) is 35.9. The van der Waals surface area contributed by atoms with Crippen LogP contribution in [-0.2, 0) is 38.7 Å². The van der Waals surface area contributed by atoms with Crippen molar-refractivity contribution in [3.63, 3.8) is 0 Å². The SMILES string of the molecule is C#CCOCCOCCOCCOCCC(=O)N(CCCNC(=O)c1ncn(-c2ncc(OC)c3c(C(=O)C(=O)N4CCC(=C(C#N)c5ccccc5)CC4)c[nH]c23)n1)CCS(=O)(=O)O. The van der Waals surface area contributed by atoms with Gasteiger partial charge in [0.25, 0.3) is 27.7 Å². The molecule has 0 aliphatic carbocycles.